The van der Waals surface area contributed by atoms with Crippen LogP contribution in [0.15, 0.2) is 70.5 Å². The van der Waals surface area contributed by atoms with Gasteiger partial charge in [-0.05, 0) is 52.3 Å². The molecule has 0 atom stereocenters. The highest BCUT2D eigenvalue weighted by molar-refractivity contribution is 9.11. The molecule has 0 amide bonds. The molecule has 0 aliphatic rings. The van der Waals surface area contributed by atoms with Crippen LogP contribution in [0.5, 0.6) is 11.5 Å². The standard InChI is InChI=1S/C17H14BrNOS/c18-17-11-10-14(21-17)12-19-15-8-4-5-9-16(15)20-13-6-2-1-3-7-13/h1-11,19H,12H2. The predicted molar refractivity (Wildman–Crippen MR) is 92.3 cm³/mol. The zero-order chi connectivity index (χ0) is 14.5. The molecular formula is C17H14BrNOS. The molecule has 1 heterocycles. The van der Waals surface area contributed by atoms with E-state index in [4.69, 9.17) is 4.74 Å². The molecule has 2 aromatic carbocycles. The van der Waals surface area contributed by atoms with Crippen LogP contribution >= 0.6 is 27.3 Å². The Morgan fingerprint density at radius 2 is 1.67 bits per heavy atom. The SMILES string of the molecule is Brc1ccc(CNc2ccccc2Oc2ccccc2)s1. The Bertz CT molecular complexity index is 712. The van der Waals surface area contributed by atoms with Crippen molar-refractivity contribution in [3.05, 3.63) is 75.4 Å². The number of rotatable bonds is 5. The molecule has 0 radical (unpaired) electrons. The zero-order valence-corrected chi connectivity index (χ0v) is 13.7. The van der Waals surface area contributed by atoms with Crippen molar-refractivity contribution in [3.8, 4) is 11.5 Å². The van der Waals surface area contributed by atoms with Gasteiger partial charge >= 0.3 is 0 Å². The van der Waals surface area contributed by atoms with Gasteiger partial charge in [-0.15, -0.1) is 11.3 Å². The van der Waals surface area contributed by atoms with Crippen LogP contribution in [-0.2, 0) is 6.54 Å². The Morgan fingerprint density at radius 3 is 2.43 bits per heavy atom. The number of anilines is 1. The van der Waals surface area contributed by atoms with Crippen molar-refractivity contribution < 1.29 is 4.74 Å². The van der Waals surface area contributed by atoms with Crippen LogP contribution in [0.3, 0.4) is 0 Å². The number of benzene rings is 2. The molecule has 4 heteroatoms. The Balaban J connectivity index is 1.73. The largest absolute Gasteiger partial charge is 0.455 e. The average Bonchev–Trinajstić information content (AvgIpc) is 2.93. The van der Waals surface area contributed by atoms with E-state index in [1.54, 1.807) is 11.3 Å². The lowest BCUT2D eigenvalue weighted by Gasteiger charge is -2.12. The fourth-order valence-electron chi connectivity index (χ4n) is 1.95. The summed E-state index contributed by atoms with van der Waals surface area (Å²) in [5, 5.41) is 3.43. The summed E-state index contributed by atoms with van der Waals surface area (Å²) < 4.78 is 7.08. The summed E-state index contributed by atoms with van der Waals surface area (Å²) in [4.78, 5) is 1.27. The highest BCUT2D eigenvalue weighted by atomic mass is 79.9. The number of para-hydroxylation sites is 3. The fourth-order valence-corrected chi connectivity index (χ4v) is 3.37. The van der Waals surface area contributed by atoms with Gasteiger partial charge in [0.05, 0.1) is 9.47 Å². The van der Waals surface area contributed by atoms with Gasteiger partial charge in [-0.2, -0.15) is 0 Å². The van der Waals surface area contributed by atoms with Crippen molar-refractivity contribution in [2.45, 2.75) is 6.54 Å². The van der Waals surface area contributed by atoms with E-state index in [0.717, 1.165) is 27.5 Å². The summed E-state index contributed by atoms with van der Waals surface area (Å²) in [7, 11) is 0. The smallest absolute Gasteiger partial charge is 0.150 e. The van der Waals surface area contributed by atoms with Gasteiger partial charge in [0.2, 0.25) is 0 Å². The van der Waals surface area contributed by atoms with Crippen LogP contribution in [0.4, 0.5) is 5.69 Å². The molecule has 0 unspecified atom stereocenters. The first-order valence-corrected chi connectivity index (χ1v) is 8.22. The van der Waals surface area contributed by atoms with E-state index >= 15 is 0 Å². The van der Waals surface area contributed by atoms with E-state index in [2.05, 4.69) is 33.4 Å². The van der Waals surface area contributed by atoms with Gasteiger partial charge in [-0.3, -0.25) is 0 Å². The van der Waals surface area contributed by atoms with Gasteiger partial charge in [0.15, 0.2) is 5.75 Å². The molecule has 0 aliphatic heterocycles. The minimum atomic E-state index is 0.783. The van der Waals surface area contributed by atoms with Gasteiger partial charge in [-0.25, -0.2) is 0 Å². The van der Waals surface area contributed by atoms with Gasteiger partial charge in [0, 0.05) is 11.4 Å². The summed E-state index contributed by atoms with van der Waals surface area (Å²) >= 11 is 5.21. The normalized spacial score (nSPS) is 10.3. The Kier molecular flexibility index (Phi) is 4.58. The molecule has 1 N–H and O–H groups in total. The number of halogens is 1. The summed E-state index contributed by atoms with van der Waals surface area (Å²) in [6, 6.07) is 22.0. The van der Waals surface area contributed by atoms with Crippen LogP contribution in [0, 0.1) is 0 Å². The lowest BCUT2D eigenvalue weighted by atomic mass is 10.3. The van der Waals surface area contributed by atoms with E-state index in [9.17, 15) is 0 Å². The lowest BCUT2D eigenvalue weighted by Crippen LogP contribution is -1.99. The number of hydrogen-bond donors (Lipinski definition) is 1. The third kappa shape index (κ3) is 3.86. The lowest BCUT2D eigenvalue weighted by molar-refractivity contribution is 0.484. The molecule has 0 saturated carbocycles. The van der Waals surface area contributed by atoms with Crippen molar-refractivity contribution in [3.63, 3.8) is 0 Å². The van der Waals surface area contributed by atoms with Crippen molar-refractivity contribution in [1.29, 1.82) is 0 Å². The maximum Gasteiger partial charge on any atom is 0.150 e. The molecule has 0 saturated heterocycles. The summed E-state index contributed by atoms with van der Waals surface area (Å²) in [5.41, 5.74) is 0.992. The predicted octanol–water partition coefficient (Wildman–Crippen LogP) is 5.92. The Labute approximate surface area is 136 Å². The topological polar surface area (TPSA) is 21.3 Å². The first-order valence-electron chi connectivity index (χ1n) is 6.61. The Morgan fingerprint density at radius 1 is 0.905 bits per heavy atom. The van der Waals surface area contributed by atoms with Gasteiger partial charge in [0.1, 0.15) is 5.75 Å². The molecule has 21 heavy (non-hydrogen) atoms. The Hall–Kier alpha value is -1.78. The number of ether oxygens (including phenoxy) is 1. The zero-order valence-electron chi connectivity index (χ0n) is 11.3. The number of nitrogens with one attached hydrogen (secondary N) is 1. The van der Waals surface area contributed by atoms with E-state index in [0.29, 0.717) is 0 Å². The van der Waals surface area contributed by atoms with Crippen LogP contribution in [0.2, 0.25) is 0 Å². The average molecular weight is 360 g/mol. The summed E-state index contributed by atoms with van der Waals surface area (Å²) in [6.45, 7) is 0.783. The summed E-state index contributed by atoms with van der Waals surface area (Å²) in [6.07, 6.45) is 0. The minimum absolute atomic E-state index is 0.783. The minimum Gasteiger partial charge on any atom is -0.455 e. The quantitative estimate of drug-likeness (QED) is 0.610. The molecule has 0 aliphatic carbocycles. The van der Waals surface area contributed by atoms with Crippen LogP contribution in [-0.4, -0.2) is 0 Å². The van der Waals surface area contributed by atoms with Crippen molar-refractivity contribution in [2.75, 3.05) is 5.32 Å². The van der Waals surface area contributed by atoms with Crippen LogP contribution in [0.1, 0.15) is 4.88 Å². The van der Waals surface area contributed by atoms with Gasteiger partial charge in [-0.1, -0.05) is 30.3 Å². The molecule has 2 nitrogen and oxygen atoms in total. The maximum atomic E-state index is 5.93. The molecule has 0 spiro atoms. The van der Waals surface area contributed by atoms with E-state index in [1.807, 2.05) is 54.6 Å². The molecule has 1 aromatic heterocycles. The van der Waals surface area contributed by atoms with Crippen molar-refractivity contribution in [1.82, 2.24) is 0 Å². The molecule has 0 fully saturated rings. The first kappa shape index (κ1) is 14.2. The van der Waals surface area contributed by atoms with Crippen molar-refractivity contribution >= 4 is 33.0 Å². The first-order chi connectivity index (χ1) is 10.3. The highest BCUT2D eigenvalue weighted by Crippen LogP contribution is 2.30. The second-order valence-electron chi connectivity index (χ2n) is 4.47. The summed E-state index contributed by atoms with van der Waals surface area (Å²) in [5.74, 6) is 1.67. The third-order valence-corrected chi connectivity index (χ3v) is 4.56. The van der Waals surface area contributed by atoms with E-state index in [1.165, 1.54) is 4.88 Å². The number of hydrogen-bond acceptors (Lipinski definition) is 3. The third-order valence-electron chi connectivity index (χ3n) is 2.94. The highest BCUT2D eigenvalue weighted by Gasteiger charge is 2.05. The molecule has 3 rings (SSSR count). The van der Waals surface area contributed by atoms with Gasteiger partial charge < -0.3 is 10.1 Å². The fraction of sp³-hybridized carbons (Fsp3) is 0.0588. The van der Waals surface area contributed by atoms with E-state index in [-0.39, 0.29) is 0 Å². The van der Waals surface area contributed by atoms with Crippen LogP contribution in [0.25, 0.3) is 0 Å². The number of thiophene rings is 1. The monoisotopic (exact) mass is 359 g/mol. The molecule has 0 bridgehead atoms. The molecule has 3 aromatic rings. The van der Waals surface area contributed by atoms with Crippen LogP contribution < -0.4 is 10.1 Å². The second kappa shape index (κ2) is 6.78. The molecule has 106 valence electrons. The molecular weight excluding hydrogens is 346 g/mol. The van der Waals surface area contributed by atoms with Gasteiger partial charge in [0.25, 0.3) is 0 Å². The second-order valence-corrected chi connectivity index (χ2v) is 7.02. The van der Waals surface area contributed by atoms with Crippen molar-refractivity contribution in [2.24, 2.45) is 0 Å². The van der Waals surface area contributed by atoms with E-state index < -0.39 is 0 Å². The maximum absolute atomic E-state index is 5.93.